The molecule has 1 aliphatic heterocycles. The Morgan fingerprint density at radius 1 is 1.02 bits per heavy atom. The molecule has 4 saturated carbocycles. The summed E-state index contributed by atoms with van der Waals surface area (Å²) in [6, 6.07) is 9.59. The summed E-state index contributed by atoms with van der Waals surface area (Å²) in [6.45, 7) is 9.79. The minimum Gasteiger partial charge on any atom is -0.458 e. The molecule has 4 aliphatic carbocycles. The molecule has 1 heterocycles. The van der Waals surface area contributed by atoms with Crippen LogP contribution in [0, 0.1) is 46.3 Å². The van der Waals surface area contributed by atoms with Crippen LogP contribution in [0.5, 0.6) is 0 Å². The summed E-state index contributed by atoms with van der Waals surface area (Å²) in [7, 11) is -1.00. The van der Waals surface area contributed by atoms with Crippen molar-refractivity contribution in [3.8, 4) is 0 Å². The summed E-state index contributed by atoms with van der Waals surface area (Å²) in [5.41, 5.74) is 1.17. The zero-order valence-corrected chi connectivity index (χ0v) is 28.0. The summed E-state index contributed by atoms with van der Waals surface area (Å²) >= 11 is 2.48. The fourth-order valence-corrected chi connectivity index (χ4v) is 11.1. The van der Waals surface area contributed by atoms with E-state index in [1.54, 1.807) is 0 Å². The molecule has 0 aromatic heterocycles. The molecule has 5 aliphatic rings. The maximum absolute atomic E-state index is 13.5. The average molecular weight is 685 g/mol. The van der Waals surface area contributed by atoms with Gasteiger partial charge in [0.2, 0.25) is 0 Å². The highest BCUT2D eigenvalue weighted by molar-refractivity contribution is 14.2. The van der Waals surface area contributed by atoms with Crippen molar-refractivity contribution in [2.24, 2.45) is 46.3 Å². The van der Waals surface area contributed by atoms with Crippen LogP contribution in [-0.4, -0.2) is 50.2 Å². The van der Waals surface area contributed by atoms with Crippen molar-refractivity contribution in [3.63, 3.8) is 0 Å². The Kier molecular flexibility index (Phi) is 8.15. The molecule has 1 aromatic carbocycles. The molecular formula is C33H49IO5S. The van der Waals surface area contributed by atoms with Crippen LogP contribution in [0.4, 0.5) is 0 Å². The van der Waals surface area contributed by atoms with Crippen molar-refractivity contribution >= 4 is 34.7 Å². The van der Waals surface area contributed by atoms with Gasteiger partial charge in [-0.15, -0.1) is 0 Å². The van der Waals surface area contributed by atoms with Crippen LogP contribution in [0.15, 0.2) is 30.3 Å². The van der Waals surface area contributed by atoms with Crippen LogP contribution in [-0.2, 0) is 18.4 Å². The zero-order valence-electron chi connectivity index (χ0n) is 25.0. The van der Waals surface area contributed by atoms with Crippen molar-refractivity contribution < 1.29 is 23.2 Å². The molecule has 0 radical (unpaired) electrons. The molecule has 7 unspecified atom stereocenters. The lowest BCUT2D eigenvalue weighted by molar-refractivity contribution is -0.242. The third kappa shape index (κ3) is 5.30. The maximum atomic E-state index is 13.5. The van der Waals surface area contributed by atoms with E-state index in [9.17, 15) is 4.79 Å². The first-order valence-corrected chi connectivity index (χ1v) is 20.5. The molecule has 0 bridgehead atoms. The SMILES string of the molecule is CC(COS(C)(C)I)C1CCC2C3C(CCC12C)C1(C)CCC2(C[C@@H]1C[C@H]3OC(=O)c1ccccc1)OCCO2. The van der Waals surface area contributed by atoms with Gasteiger partial charge in [-0.3, -0.25) is 0 Å². The Bertz CT molecular complexity index is 1070. The largest absolute Gasteiger partial charge is 0.458 e. The molecule has 6 rings (SSSR count). The molecule has 5 nitrogen and oxygen atoms in total. The Labute approximate surface area is 255 Å². The fraction of sp³-hybridized carbons (Fsp3) is 0.788. The zero-order chi connectivity index (χ0) is 28.3. The quantitative estimate of drug-likeness (QED) is 0.224. The second kappa shape index (κ2) is 11.0. The van der Waals surface area contributed by atoms with Gasteiger partial charge in [0, 0.05) is 40.0 Å². The molecule has 7 heteroatoms. The predicted molar refractivity (Wildman–Crippen MR) is 169 cm³/mol. The number of halogens is 1. The van der Waals surface area contributed by atoms with Gasteiger partial charge in [-0.2, -0.15) is 0 Å². The number of benzene rings is 1. The van der Waals surface area contributed by atoms with E-state index in [1.165, 1.54) is 25.7 Å². The number of esters is 1. The summed E-state index contributed by atoms with van der Waals surface area (Å²) in [4.78, 5) is 13.5. The normalized spacial score (nSPS) is 41.5. The van der Waals surface area contributed by atoms with E-state index in [2.05, 4.69) is 54.5 Å². The molecule has 0 amide bonds. The van der Waals surface area contributed by atoms with Gasteiger partial charge in [0.15, 0.2) is 5.79 Å². The standard InChI is InChI=1S/C33H49IO5S/c1-22(21-38-40(4,5)34)25-11-12-26-29-27(13-14-32(25,26)3)31(2)15-16-33(36-17-18-37-33)20-24(31)19-28(29)39-30(35)23-9-7-6-8-10-23/h6-10,22,24-29H,11-21H2,1-5H3/t22?,24-,25?,26?,27?,28+,29?,31?,32?/m0/s1. The second-order valence-electron chi connectivity index (χ2n) is 14.5. The molecule has 0 N–H and O–H groups in total. The molecule has 5 fully saturated rings. The first kappa shape index (κ1) is 29.7. The van der Waals surface area contributed by atoms with Gasteiger partial charge in [-0.1, -0.05) is 46.5 Å². The Balaban J connectivity index is 1.29. The molecule has 1 saturated heterocycles. The van der Waals surface area contributed by atoms with Crippen LogP contribution in [0.2, 0.25) is 0 Å². The third-order valence-corrected chi connectivity index (χ3v) is 13.6. The second-order valence-corrected chi connectivity index (χ2v) is 23.3. The van der Waals surface area contributed by atoms with Crippen LogP contribution in [0.25, 0.3) is 0 Å². The lowest BCUT2D eigenvalue weighted by Gasteiger charge is -2.63. The van der Waals surface area contributed by atoms with Gasteiger partial charge in [-0.05, 0) is 104 Å². The van der Waals surface area contributed by atoms with Gasteiger partial charge >= 0.3 is 5.97 Å². The van der Waals surface area contributed by atoms with E-state index in [4.69, 9.17) is 18.4 Å². The number of hydrogen-bond donors (Lipinski definition) is 0. The number of rotatable bonds is 6. The highest BCUT2D eigenvalue weighted by atomic mass is 127. The number of carbonyl (C=O) groups excluding carboxylic acids is 1. The van der Waals surface area contributed by atoms with Gasteiger partial charge in [0.1, 0.15) is 6.10 Å². The highest BCUT2D eigenvalue weighted by Crippen LogP contribution is 2.69. The predicted octanol–water partition coefficient (Wildman–Crippen LogP) is 8.21. The van der Waals surface area contributed by atoms with Gasteiger partial charge in [0.05, 0.1) is 25.4 Å². The van der Waals surface area contributed by atoms with Gasteiger partial charge in [-0.25, -0.2) is 4.79 Å². The van der Waals surface area contributed by atoms with Crippen LogP contribution in [0.3, 0.4) is 0 Å². The van der Waals surface area contributed by atoms with E-state index >= 15 is 0 Å². The summed E-state index contributed by atoms with van der Waals surface area (Å²) in [5.74, 6) is 2.62. The topological polar surface area (TPSA) is 54.0 Å². The molecule has 1 spiro atoms. The highest BCUT2D eigenvalue weighted by Gasteiger charge is 2.65. The summed E-state index contributed by atoms with van der Waals surface area (Å²) in [5, 5.41) is 0. The fourth-order valence-electron chi connectivity index (χ4n) is 10.2. The van der Waals surface area contributed by atoms with Gasteiger partial charge in [0.25, 0.3) is 0 Å². The van der Waals surface area contributed by atoms with Crippen molar-refractivity contribution in [2.75, 3.05) is 32.3 Å². The van der Waals surface area contributed by atoms with E-state index < -0.39 is 13.3 Å². The van der Waals surface area contributed by atoms with Crippen molar-refractivity contribution in [1.82, 2.24) is 0 Å². The molecule has 224 valence electrons. The lowest BCUT2D eigenvalue weighted by atomic mass is 9.43. The monoisotopic (exact) mass is 684 g/mol. The summed E-state index contributed by atoms with van der Waals surface area (Å²) in [6.07, 6.45) is 13.4. The van der Waals surface area contributed by atoms with Crippen molar-refractivity contribution in [2.45, 2.75) is 84.0 Å². The van der Waals surface area contributed by atoms with Gasteiger partial charge < -0.3 is 18.4 Å². The minimum atomic E-state index is -1.00. The Morgan fingerprint density at radius 2 is 1.73 bits per heavy atom. The molecular weight excluding hydrogens is 635 g/mol. The number of ether oxygens (including phenoxy) is 3. The molecule has 9 atom stereocenters. The Morgan fingerprint density at radius 3 is 2.42 bits per heavy atom. The van der Waals surface area contributed by atoms with Crippen molar-refractivity contribution in [1.29, 1.82) is 0 Å². The van der Waals surface area contributed by atoms with E-state index in [0.717, 1.165) is 32.3 Å². The van der Waals surface area contributed by atoms with Crippen LogP contribution >= 0.6 is 28.7 Å². The molecule has 1 aromatic rings. The minimum absolute atomic E-state index is 0.0556. The van der Waals surface area contributed by atoms with Crippen LogP contribution in [0.1, 0.15) is 82.5 Å². The smallest absolute Gasteiger partial charge is 0.338 e. The lowest BCUT2D eigenvalue weighted by Crippen LogP contribution is -2.61. The third-order valence-electron chi connectivity index (χ3n) is 12.1. The summed E-state index contributed by atoms with van der Waals surface area (Å²) < 4.78 is 25.4. The molecule has 40 heavy (non-hydrogen) atoms. The first-order valence-electron chi connectivity index (χ1n) is 15.6. The van der Waals surface area contributed by atoms with E-state index in [1.807, 2.05) is 30.3 Å². The average Bonchev–Trinajstić information content (AvgIpc) is 3.52. The number of hydrogen-bond acceptors (Lipinski definition) is 5. The number of fused-ring (bicyclic) bond motifs is 5. The van der Waals surface area contributed by atoms with E-state index in [0.29, 0.717) is 54.3 Å². The first-order chi connectivity index (χ1) is 18.9. The Hall–Kier alpha value is -0.350. The maximum Gasteiger partial charge on any atom is 0.338 e. The number of carbonyl (C=O) groups is 1. The van der Waals surface area contributed by atoms with Crippen molar-refractivity contribution in [3.05, 3.63) is 35.9 Å². The van der Waals surface area contributed by atoms with Crippen LogP contribution < -0.4 is 0 Å². The van der Waals surface area contributed by atoms with E-state index in [-0.39, 0.29) is 22.9 Å².